The summed E-state index contributed by atoms with van der Waals surface area (Å²) in [7, 11) is -7.65. The lowest BCUT2D eigenvalue weighted by molar-refractivity contribution is -0.117. The van der Waals surface area contributed by atoms with Crippen molar-refractivity contribution in [3.63, 3.8) is 0 Å². The summed E-state index contributed by atoms with van der Waals surface area (Å²) in [5.41, 5.74) is 0.787. The van der Waals surface area contributed by atoms with Gasteiger partial charge >= 0.3 is 10.2 Å². The number of hydrogen-bond donors (Lipinski definition) is 3. The Hall–Kier alpha value is -2.63. The van der Waals surface area contributed by atoms with E-state index in [2.05, 4.69) is 4.72 Å². The molecule has 1 aliphatic heterocycles. The highest BCUT2D eigenvalue weighted by Crippen LogP contribution is 2.34. The lowest BCUT2D eigenvalue weighted by atomic mass is 9.81. The van der Waals surface area contributed by atoms with Gasteiger partial charge in [-0.2, -0.15) is 8.42 Å². The van der Waals surface area contributed by atoms with E-state index in [1.54, 1.807) is 36.4 Å². The highest BCUT2D eigenvalue weighted by Gasteiger charge is 2.36. The summed E-state index contributed by atoms with van der Waals surface area (Å²) < 4.78 is 55.2. The van der Waals surface area contributed by atoms with E-state index >= 15 is 0 Å². The van der Waals surface area contributed by atoms with Gasteiger partial charge in [0.25, 0.3) is 5.91 Å². The Morgan fingerprint density at radius 1 is 1.09 bits per heavy atom. The summed E-state index contributed by atoms with van der Waals surface area (Å²) in [5, 5.41) is 10.4. The van der Waals surface area contributed by atoms with Crippen LogP contribution in [0.5, 0.6) is 5.75 Å². The van der Waals surface area contributed by atoms with Crippen LogP contribution in [0, 0.1) is 5.92 Å². The van der Waals surface area contributed by atoms with E-state index in [0.29, 0.717) is 6.42 Å². The number of nitrogens with zero attached hydrogens (tertiary/aromatic N) is 1. The Balaban J connectivity index is 1.51. The largest absolute Gasteiger partial charge is 0.506 e. The third-order valence-electron chi connectivity index (χ3n) is 5.90. The Labute approximate surface area is 187 Å². The van der Waals surface area contributed by atoms with Crippen molar-refractivity contribution in [3.05, 3.63) is 54.1 Å². The van der Waals surface area contributed by atoms with E-state index in [-0.39, 0.29) is 34.8 Å². The number of rotatable bonds is 6. The average Bonchev–Trinajstić information content (AvgIpc) is 3.02. The fourth-order valence-electron chi connectivity index (χ4n) is 4.35. The van der Waals surface area contributed by atoms with Crippen molar-refractivity contribution in [3.8, 4) is 5.75 Å². The molecular weight excluding hydrogens is 454 g/mol. The molecule has 1 saturated carbocycles. The summed E-state index contributed by atoms with van der Waals surface area (Å²) >= 11 is 0. The molecule has 9 nitrogen and oxygen atoms in total. The summed E-state index contributed by atoms with van der Waals surface area (Å²) in [6, 6.07) is 12.6. The number of nitrogens with one attached hydrogen (secondary N) is 2. The minimum absolute atomic E-state index is 0.0251. The van der Waals surface area contributed by atoms with Crippen molar-refractivity contribution in [2.24, 2.45) is 5.92 Å². The van der Waals surface area contributed by atoms with E-state index in [1.165, 1.54) is 12.1 Å². The molecule has 1 saturated heterocycles. The van der Waals surface area contributed by atoms with E-state index in [9.17, 15) is 26.7 Å². The van der Waals surface area contributed by atoms with Gasteiger partial charge in [0.15, 0.2) is 0 Å². The number of amides is 1. The van der Waals surface area contributed by atoms with Gasteiger partial charge in [0.1, 0.15) is 12.3 Å². The predicted molar refractivity (Wildman–Crippen MR) is 119 cm³/mol. The lowest BCUT2D eigenvalue weighted by Crippen LogP contribution is -2.42. The number of carbonyl (C=O) groups excluding carboxylic acids is 1. The van der Waals surface area contributed by atoms with Gasteiger partial charge in [0, 0.05) is 6.04 Å². The highest BCUT2D eigenvalue weighted by molar-refractivity contribution is 7.92. The van der Waals surface area contributed by atoms with Crippen LogP contribution in [-0.2, 0) is 31.4 Å². The van der Waals surface area contributed by atoms with Crippen LogP contribution < -0.4 is 13.7 Å². The molecule has 172 valence electrons. The zero-order valence-corrected chi connectivity index (χ0v) is 18.9. The number of anilines is 1. The molecule has 0 radical (unpaired) electrons. The van der Waals surface area contributed by atoms with Crippen molar-refractivity contribution in [1.29, 1.82) is 0 Å². The first-order valence-corrected chi connectivity index (χ1v) is 13.3. The molecule has 11 heteroatoms. The summed E-state index contributed by atoms with van der Waals surface area (Å²) in [6.45, 7) is -0.388. The SMILES string of the molecule is O=C1CN(c2ccc(C[C@@H]3CCCCC3NS(=O)(=O)c3ccccc3)cc2O)S(=O)(=O)N1. The van der Waals surface area contributed by atoms with Gasteiger partial charge in [-0.3, -0.25) is 4.79 Å². The van der Waals surface area contributed by atoms with Gasteiger partial charge < -0.3 is 5.11 Å². The van der Waals surface area contributed by atoms with Crippen LogP contribution in [0.25, 0.3) is 0 Å². The number of hydrogen-bond acceptors (Lipinski definition) is 6. The Kier molecular flexibility index (Phi) is 6.15. The van der Waals surface area contributed by atoms with Crippen LogP contribution in [-0.4, -0.2) is 40.4 Å². The third-order valence-corrected chi connectivity index (χ3v) is 8.79. The average molecular weight is 480 g/mol. The number of carbonyl (C=O) groups is 1. The van der Waals surface area contributed by atoms with Crippen LogP contribution in [0.1, 0.15) is 31.2 Å². The molecule has 0 bridgehead atoms. The normalized spacial score (nSPS) is 23.1. The molecule has 1 aliphatic carbocycles. The van der Waals surface area contributed by atoms with Gasteiger partial charge in [-0.25, -0.2) is 22.2 Å². The molecule has 4 rings (SSSR count). The topological polar surface area (TPSA) is 133 Å². The van der Waals surface area contributed by atoms with Gasteiger partial charge in [-0.15, -0.1) is 0 Å². The minimum Gasteiger partial charge on any atom is -0.506 e. The maximum absolute atomic E-state index is 12.8. The molecule has 1 heterocycles. The molecule has 0 aromatic heterocycles. The lowest BCUT2D eigenvalue weighted by Gasteiger charge is -2.32. The predicted octanol–water partition coefficient (Wildman–Crippen LogP) is 1.65. The second kappa shape index (κ2) is 8.72. The molecule has 2 fully saturated rings. The highest BCUT2D eigenvalue weighted by atomic mass is 32.2. The van der Waals surface area contributed by atoms with E-state index in [4.69, 9.17) is 0 Å². The maximum atomic E-state index is 12.8. The monoisotopic (exact) mass is 479 g/mol. The third kappa shape index (κ3) is 4.74. The number of phenols is 1. The van der Waals surface area contributed by atoms with Crippen molar-refractivity contribution < 1.29 is 26.7 Å². The van der Waals surface area contributed by atoms with Gasteiger partial charge in [-0.1, -0.05) is 37.1 Å². The molecular formula is C21H25N3O6S2. The number of sulfonamides is 1. The molecule has 2 aliphatic rings. The quantitative estimate of drug-likeness (QED) is 0.577. The molecule has 32 heavy (non-hydrogen) atoms. The summed E-state index contributed by atoms with van der Waals surface area (Å²) in [5.74, 6) is -0.879. The molecule has 2 atom stereocenters. The standard InChI is InChI=1S/C21H25N3O6S2/c25-20-13-15(10-11-19(20)24-14-21(26)23-32(24,29)30)12-16-6-4-5-9-18(16)22-31(27,28)17-7-2-1-3-8-17/h1-3,7-8,10-11,13,16,18,22,25H,4-6,9,12,14H2,(H,23,26)/t16-,18?/m0/s1. The number of aromatic hydroxyl groups is 1. The number of benzene rings is 2. The zero-order valence-electron chi connectivity index (χ0n) is 17.3. The Morgan fingerprint density at radius 3 is 2.47 bits per heavy atom. The van der Waals surface area contributed by atoms with Gasteiger partial charge in [0.05, 0.1) is 10.6 Å². The fourth-order valence-corrected chi connectivity index (χ4v) is 6.87. The maximum Gasteiger partial charge on any atom is 0.326 e. The Morgan fingerprint density at radius 2 is 1.81 bits per heavy atom. The molecule has 2 aromatic carbocycles. The van der Waals surface area contributed by atoms with Gasteiger partial charge in [0.2, 0.25) is 10.0 Å². The Bertz CT molecular complexity index is 1220. The van der Waals surface area contributed by atoms with Crippen LogP contribution in [0.4, 0.5) is 5.69 Å². The van der Waals surface area contributed by atoms with E-state index < -0.39 is 26.1 Å². The van der Waals surface area contributed by atoms with Crippen molar-refractivity contribution >= 4 is 31.8 Å². The molecule has 1 amide bonds. The van der Waals surface area contributed by atoms with E-state index in [1.807, 2.05) is 4.72 Å². The van der Waals surface area contributed by atoms with Gasteiger partial charge in [-0.05, 0) is 55.0 Å². The minimum atomic E-state index is -4.01. The van der Waals surface area contributed by atoms with Crippen LogP contribution >= 0.6 is 0 Å². The summed E-state index contributed by atoms with van der Waals surface area (Å²) in [6.07, 6.45) is 4.00. The zero-order chi connectivity index (χ0) is 22.9. The van der Waals surface area contributed by atoms with Crippen LogP contribution in [0.15, 0.2) is 53.4 Å². The molecule has 3 N–H and O–H groups in total. The first kappa shape index (κ1) is 22.6. The first-order chi connectivity index (χ1) is 15.2. The summed E-state index contributed by atoms with van der Waals surface area (Å²) in [4.78, 5) is 11.7. The molecule has 1 unspecified atom stereocenters. The van der Waals surface area contributed by atoms with Crippen molar-refractivity contribution in [2.45, 2.75) is 43.0 Å². The second-order valence-electron chi connectivity index (χ2n) is 8.15. The smallest absolute Gasteiger partial charge is 0.326 e. The van der Waals surface area contributed by atoms with Crippen LogP contribution in [0.2, 0.25) is 0 Å². The fraction of sp³-hybridized carbons (Fsp3) is 0.381. The van der Waals surface area contributed by atoms with Crippen molar-refractivity contribution in [2.75, 3.05) is 10.8 Å². The van der Waals surface area contributed by atoms with Crippen molar-refractivity contribution in [1.82, 2.24) is 9.44 Å². The van der Waals surface area contributed by atoms with E-state index in [0.717, 1.165) is 35.6 Å². The second-order valence-corrected chi connectivity index (χ2v) is 11.5. The first-order valence-electron chi connectivity index (χ1n) is 10.4. The molecule has 2 aromatic rings. The van der Waals surface area contributed by atoms with Crippen LogP contribution in [0.3, 0.4) is 0 Å². The number of phenolic OH excluding ortho intramolecular Hbond substituents is 1. The molecule has 0 spiro atoms.